The van der Waals surface area contributed by atoms with Crippen LogP contribution < -0.4 is 15.2 Å². The molecule has 1 heterocycles. The van der Waals surface area contributed by atoms with Gasteiger partial charge < -0.3 is 15.2 Å². The minimum Gasteiger partial charge on any atom is -0.454 e. The van der Waals surface area contributed by atoms with Gasteiger partial charge in [0.05, 0.1) is 0 Å². The van der Waals surface area contributed by atoms with Gasteiger partial charge in [0.1, 0.15) is 5.84 Å². The summed E-state index contributed by atoms with van der Waals surface area (Å²) in [6.45, 7) is 0.277. The van der Waals surface area contributed by atoms with Crippen LogP contribution in [0.15, 0.2) is 54.6 Å². The van der Waals surface area contributed by atoms with Gasteiger partial charge in [-0.25, -0.2) is 0 Å². The molecule has 118 valence electrons. The maximum absolute atomic E-state index is 7.62. The number of hydrogen-bond acceptors (Lipinski definition) is 3. The Hall–Kier alpha value is -3.27. The Morgan fingerprint density at radius 2 is 1.83 bits per heavy atom. The van der Waals surface area contributed by atoms with Crippen molar-refractivity contribution in [1.29, 1.82) is 5.41 Å². The molecule has 0 amide bonds. The van der Waals surface area contributed by atoms with Gasteiger partial charge in [-0.2, -0.15) is 0 Å². The van der Waals surface area contributed by atoms with Crippen LogP contribution in [0, 0.1) is 5.41 Å². The highest BCUT2D eigenvalue weighted by Crippen LogP contribution is 2.33. The van der Waals surface area contributed by atoms with Gasteiger partial charge in [-0.05, 0) is 40.1 Å². The lowest BCUT2D eigenvalue weighted by Crippen LogP contribution is -2.10. The second kappa shape index (κ2) is 5.74. The van der Waals surface area contributed by atoms with E-state index in [0.29, 0.717) is 0 Å². The van der Waals surface area contributed by atoms with Crippen LogP contribution in [0.1, 0.15) is 16.7 Å². The molecule has 0 atom stereocenters. The van der Waals surface area contributed by atoms with Crippen molar-refractivity contribution in [2.75, 3.05) is 6.79 Å². The van der Waals surface area contributed by atoms with Gasteiger partial charge in [0, 0.05) is 5.56 Å². The molecule has 0 aliphatic carbocycles. The lowest BCUT2D eigenvalue weighted by atomic mass is 10.0. The van der Waals surface area contributed by atoms with E-state index in [9.17, 15) is 0 Å². The van der Waals surface area contributed by atoms with E-state index in [0.717, 1.165) is 39.0 Å². The third kappa shape index (κ3) is 2.58. The number of fused-ring (bicyclic) bond motifs is 2. The van der Waals surface area contributed by atoms with E-state index in [1.165, 1.54) is 0 Å². The Labute approximate surface area is 139 Å². The van der Waals surface area contributed by atoms with Gasteiger partial charge in [0.25, 0.3) is 0 Å². The molecule has 1 aliphatic heterocycles. The SMILES string of the molecule is N=C(N)c1ccc2cccc(C=Cc3ccc4c(c3)OCO4)c2c1. The van der Waals surface area contributed by atoms with Gasteiger partial charge in [-0.1, -0.05) is 48.6 Å². The molecule has 0 unspecified atom stereocenters. The van der Waals surface area contributed by atoms with Gasteiger partial charge in [-0.15, -0.1) is 0 Å². The van der Waals surface area contributed by atoms with Gasteiger partial charge >= 0.3 is 0 Å². The fourth-order valence-electron chi connectivity index (χ4n) is 2.81. The molecule has 0 radical (unpaired) electrons. The van der Waals surface area contributed by atoms with E-state index < -0.39 is 0 Å². The third-order valence-corrected chi connectivity index (χ3v) is 4.08. The molecular weight excluding hydrogens is 300 g/mol. The minimum absolute atomic E-state index is 0.0754. The second-order valence-electron chi connectivity index (χ2n) is 5.64. The van der Waals surface area contributed by atoms with Crippen molar-refractivity contribution >= 4 is 28.8 Å². The Bertz CT molecular complexity index is 977. The fourth-order valence-corrected chi connectivity index (χ4v) is 2.81. The first-order valence-corrected chi connectivity index (χ1v) is 7.66. The molecule has 0 saturated carbocycles. The zero-order chi connectivity index (χ0) is 16.5. The fraction of sp³-hybridized carbons (Fsp3) is 0.0500. The first-order valence-electron chi connectivity index (χ1n) is 7.66. The van der Waals surface area contributed by atoms with E-state index in [1.54, 1.807) is 0 Å². The summed E-state index contributed by atoms with van der Waals surface area (Å²) in [4.78, 5) is 0. The van der Waals surface area contributed by atoms with Crippen molar-refractivity contribution < 1.29 is 9.47 Å². The summed E-state index contributed by atoms with van der Waals surface area (Å²) in [6, 6.07) is 17.8. The summed E-state index contributed by atoms with van der Waals surface area (Å²) in [5.41, 5.74) is 8.46. The molecule has 0 bridgehead atoms. The smallest absolute Gasteiger partial charge is 0.231 e. The highest BCUT2D eigenvalue weighted by molar-refractivity contribution is 6.01. The normalized spacial score (nSPS) is 12.8. The molecule has 1 aliphatic rings. The topological polar surface area (TPSA) is 68.3 Å². The van der Waals surface area contributed by atoms with E-state index in [-0.39, 0.29) is 12.6 Å². The van der Waals surface area contributed by atoms with E-state index in [4.69, 9.17) is 20.6 Å². The van der Waals surface area contributed by atoms with Crippen molar-refractivity contribution in [2.45, 2.75) is 0 Å². The molecule has 4 heteroatoms. The summed E-state index contributed by atoms with van der Waals surface area (Å²) in [5.74, 6) is 1.63. The van der Waals surface area contributed by atoms with Crippen molar-refractivity contribution in [3.05, 3.63) is 71.3 Å². The Kier molecular flexibility index (Phi) is 3.43. The molecule has 4 nitrogen and oxygen atoms in total. The van der Waals surface area contributed by atoms with Crippen LogP contribution >= 0.6 is 0 Å². The molecule has 0 spiro atoms. The summed E-state index contributed by atoms with van der Waals surface area (Å²) >= 11 is 0. The number of amidine groups is 1. The summed E-state index contributed by atoms with van der Waals surface area (Å²) in [5, 5.41) is 9.81. The first-order chi connectivity index (χ1) is 11.7. The number of nitrogens with one attached hydrogen (secondary N) is 1. The lowest BCUT2D eigenvalue weighted by Gasteiger charge is -2.05. The van der Waals surface area contributed by atoms with Crippen molar-refractivity contribution in [3.63, 3.8) is 0 Å². The molecule has 3 aromatic carbocycles. The number of rotatable bonds is 3. The average molecular weight is 316 g/mol. The number of nitrogens with two attached hydrogens (primary N) is 1. The van der Waals surface area contributed by atoms with Crippen LogP contribution in [0.25, 0.3) is 22.9 Å². The molecule has 3 aromatic rings. The summed E-state index contributed by atoms with van der Waals surface area (Å²) in [7, 11) is 0. The number of benzene rings is 3. The van der Waals surface area contributed by atoms with Crippen LogP contribution in [-0.4, -0.2) is 12.6 Å². The Morgan fingerprint density at radius 1 is 0.958 bits per heavy atom. The zero-order valence-electron chi connectivity index (χ0n) is 13.0. The van der Waals surface area contributed by atoms with E-state index >= 15 is 0 Å². The van der Waals surface area contributed by atoms with Crippen LogP contribution in [0.4, 0.5) is 0 Å². The first kappa shape index (κ1) is 14.3. The van der Waals surface area contributed by atoms with Crippen LogP contribution in [-0.2, 0) is 0 Å². The molecule has 4 rings (SSSR count). The quantitative estimate of drug-likeness (QED) is 0.435. The summed E-state index contributed by atoms with van der Waals surface area (Å²) < 4.78 is 10.7. The predicted molar refractivity (Wildman–Crippen MR) is 96.5 cm³/mol. The average Bonchev–Trinajstić information content (AvgIpc) is 3.07. The molecule has 0 saturated heterocycles. The van der Waals surface area contributed by atoms with Gasteiger partial charge in [0.2, 0.25) is 6.79 Å². The number of hydrogen-bond donors (Lipinski definition) is 2. The molecular formula is C20H16N2O2. The largest absolute Gasteiger partial charge is 0.454 e. The molecule has 24 heavy (non-hydrogen) atoms. The zero-order valence-corrected chi connectivity index (χ0v) is 13.0. The highest BCUT2D eigenvalue weighted by atomic mass is 16.7. The van der Waals surface area contributed by atoms with Crippen LogP contribution in [0.3, 0.4) is 0 Å². The summed E-state index contributed by atoms with van der Waals surface area (Å²) in [6.07, 6.45) is 4.10. The standard InChI is InChI=1S/C20H16N2O2/c21-20(22)16-8-7-15-3-1-2-14(17(15)11-16)6-4-13-5-9-18-19(10-13)24-12-23-18/h1-11H,12H2,(H3,21,22). The molecule has 3 N–H and O–H groups in total. The van der Waals surface area contributed by atoms with Crippen LogP contribution in [0.2, 0.25) is 0 Å². The van der Waals surface area contributed by atoms with Gasteiger partial charge in [-0.3, -0.25) is 5.41 Å². The third-order valence-electron chi connectivity index (χ3n) is 4.08. The van der Waals surface area contributed by atoms with E-state index in [2.05, 4.69) is 18.2 Å². The molecule has 0 fully saturated rings. The maximum Gasteiger partial charge on any atom is 0.231 e. The van der Waals surface area contributed by atoms with Crippen LogP contribution in [0.5, 0.6) is 11.5 Å². The molecule has 0 aromatic heterocycles. The van der Waals surface area contributed by atoms with Crippen molar-refractivity contribution in [1.82, 2.24) is 0 Å². The lowest BCUT2D eigenvalue weighted by molar-refractivity contribution is 0.174. The van der Waals surface area contributed by atoms with Crippen molar-refractivity contribution in [3.8, 4) is 11.5 Å². The van der Waals surface area contributed by atoms with Crippen molar-refractivity contribution in [2.24, 2.45) is 5.73 Å². The van der Waals surface area contributed by atoms with E-state index in [1.807, 2.05) is 48.5 Å². The number of nitrogen functional groups attached to an aromatic ring is 1. The maximum atomic E-state index is 7.62. The predicted octanol–water partition coefficient (Wildman–Crippen LogP) is 4.02. The minimum atomic E-state index is 0.0754. The monoisotopic (exact) mass is 316 g/mol. The Morgan fingerprint density at radius 3 is 2.71 bits per heavy atom. The Balaban J connectivity index is 1.73. The highest BCUT2D eigenvalue weighted by Gasteiger charge is 2.12. The second-order valence-corrected chi connectivity index (χ2v) is 5.64. The van der Waals surface area contributed by atoms with Gasteiger partial charge in [0.15, 0.2) is 11.5 Å². The number of ether oxygens (including phenoxy) is 2.